The maximum absolute atomic E-state index is 10.1. The van der Waals surface area contributed by atoms with Gasteiger partial charge in [-0.2, -0.15) is 0 Å². The van der Waals surface area contributed by atoms with E-state index in [1.807, 2.05) is 24.3 Å². The van der Waals surface area contributed by atoms with Crippen LogP contribution >= 0.6 is 0 Å². The van der Waals surface area contributed by atoms with Crippen LogP contribution in [0, 0.1) is 0 Å². The van der Waals surface area contributed by atoms with Gasteiger partial charge in [-0.15, -0.1) is 0 Å². The molecule has 3 rings (SSSR count). The van der Waals surface area contributed by atoms with Crippen LogP contribution in [0.4, 0.5) is 0 Å². The summed E-state index contributed by atoms with van der Waals surface area (Å²) in [6.45, 7) is 1.55. The summed E-state index contributed by atoms with van der Waals surface area (Å²) in [4.78, 5) is 2.21. The standard InChI is InChI=1S/C18H21NO3/c1-22-15-7-6-14(18(21)10-15)11-19-9-8-13-4-2-3-5-16(13)17(19)12-20/h2-7,10,17,20-21H,8-9,11-12H2,1H3. The SMILES string of the molecule is COc1ccc(CN2CCc3ccccc3C2CO)c(O)c1. The number of aliphatic hydroxyl groups excluding tert-OH is 1. The molecule has 0 fully saturated rings. The second-order valence-corrected chi connectivity index (χ2v) is 5.61. The van der Waals surface area contributed by atoms with E-state index in [-0.39, 0.29) is 18.4 Å². The van der Waals surface area contributed by atoms with Crippen molar-refractivity contribution in [1.29, 1.82) is 0 Å². The highest BCUT2D eigenvalue weighted by Gasteiger charge is 2.27. The molecule has 0 radical (unpaired) electrons. The largest absolute Gasteiger partial charge is 0.507 e. The van der Waals surface area contributed by atoms with Crippen LogP contribution in [0.1, 0.15) is 22.7 Å². The van der Waals surface area contributed by atoms with Crippen molar-refractivity contribution in [3.63, 3.8) is 0 Å². The van der Waals surface area contributed by atoms with Crippen molar-refractivity contribution in [2.24, 2.45) is 0 Å². The number of hydrogen-bond donors (Lipinski definition) is 2. The number of nitrogens with zero attached hydrogens (tertiary/aromatic N) is 1. The number of rotatable bonds is 4. The molecule has 1 aliphatic rings. The van der Waals surface area contributed by atoms with Crippen molar-refractivity contribution in [3.05, 3.63) is 59.2 Å². The van der Waals surface area contributed by atoms with Crippen molar-refractivity contribution in [2.45, 2.75) is 19.0 Å². The maximum atomic E-state index is 10.1. The van der Waals surface area contributed by atoms with Crippen LogP contribution in [0.3, 0.4) is 0 Å². The third-order valence-electron chi connectivity index (χ3n) is 4.36. The molecule has 1 heterocycles. The second-order valence-electron chi connectivity index (χ2n) is 5.61. The monoisotopic (exact) mass is 299 g/mol. The van der Waals surface area contributed by atoms with Crippen LogP contribution < -0.4 is 4.74 Å². The number of ether oxygens (including phenoxy) is 1. The molecule has 0 bridgehead atoms. The first-order valence-corrected chi connectivity index (χ1v) is 7.51. The number of hydrogen-bond acceptors (Lipinski definition) is 4. The normalized spacial score (nSPS) is 18.0. The Bertz CT molecular complexity index is 657. The lowest BCUT2D eigenvalue weighted by Gasteiger charge is -2.36. The van der Waals surface area contributed by atoms with Gasteiger partial charge in [0.15, 0.2) is 0 Å². The van der Waals surface area contributed by atoms with Crippen LogP contribution in [-0.2, 0) is 13.0 Å². The van der Waals surface area contributed by atoms with Gasteiger partial charge in [0.2, 0.25) is 0 Å². The number of phenols is 1. The van der Waals surface area contributed by atoms with Gasteiger partial charge in [0, 0.05) is 24.7 Å². The molecular weight excluding hydrogens is 278 g/mol. The van der Waals surface area contributed by atoms with Gasteiger partial charge in [0.05, 0.1) is 19.8 Å². The van der Waals surface area contributed by atoms with Crippen molar-refractivity contribution in [2.75, 3.05) is 20.3 Å². The minimum absolute atomic E-state index is 0.0218. The molecule has 1 atom stereocenters. The molecule has 1 aliphatic heterocycles. The molecule has 22 heavy (non-hydrogen) atoms. The molecule has 0 saturated heterocycles. The Morgan fingerprint density at radius 1 is 1.23 bits per heavy atom. The van der Waals surface area contributed by atoms with Gasteiger partial charge in [0.1, 0.15) is 11.5 Å². The third kappa shape index (κ3) is 2.80. The molecule has 0 amide bonds. The Morgan fingerprint density at radius 2 is 2.05 bits per heavy atom. The molecule has 0 spiro atoms. The predicted octanol–water partition coefficient (Wildman–Crippen LogP) is 2.49. The van der Waals surface area contributed by atoms with Crippen LogP contribution in [0.2, 0.25) is 0 Å². The Hall–Kier alpha value is -2.04. The Balaban J connectivity index is 1.84. The Labute approximate surface area is 130 Å². The van der Waals surface area contributed by atoms with Crippen molar-refractivity contribution in [1.82, 2.24) is 4.90 Å². The summed E-state index contributed by atoms with van der Waals surface area (Å²) in [5, 5.41) is 20.0. The first kappa shape index (κ1) is 14.9. The molecule has 2 aromatic carbocycles. The summed E-state index contributed by atoms with van der Waals surface area (Å²) in [5.41, 5.74) is 3.33. The summed E-state index contributed by atoms with van der Waals surface area (Å²) >= 11 is 0. The van der Waals surface area contributed by atoms with Crippen molar-refractivity contribution in [3.8, 4) is 11.5 Å². The zero-order valence-corrected chi connectivity index (χ0v) is 12.7. The zero-order chi connectivity index (χ0) is 15.5. The molecule has 2 N–H and O–H groups in total. The summed E-state index contributed by atoms with van der Waals surface area (Å²) in [6.07, 6.45) is 0.962. The number of phenolic OH excluding ortho intramolecular Hbond substituents is 1. The van der Waals surface area contributed by atoms with E-state index in [0.29, 0.717) is 12.3 Å². The fraction of sp³-hybridized carbons (Fsp3) is 0.333. The van der Waals surface area contributed by atoms with E-state index in [2.05, 4.69) is 17.0 Å². The van der Waals surface area contributed by atoms with Crippen LogP contribution in [0.25, 0.3) is 0 Å². The Morgan fingerprint density at radius 3 is 2.77 bits per heavy atom. The van der Waals surface area contributed by atoms with Crippen molar-refractivity contribution < 1.29 is 14.9 Å². The van der Waals surface area contributed by atoms with Crippen molar-refractivity contribution >= 4 is 0 Å². The van der Waals surface area contributed by atoms with Gasteiger partial charge in [-0.05, 0) is 23.6 Å². The zero-order valence-electron chi connectivity index (χ0n) is 12.7. The van der Waals surface area contributed by atoms with E-state index in [0.717, 1.165) is 18.5 Å². The average molecular weight is 299 g/mol. The van der Waals surface area contributed by atoms with Gasteiger partial charge < -0.3 is 14.9 Å². The van der Waals surface area contributed by atoms with Crippen LogP contribution in [0.5, 0.6) is 11.5 Å². The molecule has 0 aliphatic carbocycles. The molecule has 2 aromatic rings. The number of methoxy groups -OCH3 is 1. The highest BCUT2D eigenvalue weighted by Crippen LogP contribution is 2.32. The molecule has 0 aromatic heterocycles. The first-order valence-electron chi connectivity index (χ1n) is 7.51. The molecule has 1 unspecified atom stereocenters. The van der Waals surface area contributed by atoms with E-state index in [9.17, 15) is 10.2 Å². The first-order chi connectivity index (χ1) is 10.7. The van der Waals surface area contributed by atoms with E-state index >= 15 is 0 Å². The highest BCUT2D eigenvalue weighted by molar-refractivity contribution is 5.40. The number of benzene rings is 2. The summed E-state index contributed by atoms with van der Waals surface area (Å²) in [6, 6.07) is 13.6. The topological polar surface area (TPSA) is 52.9 Å². The highest BCUT2D eigenvalue weighted by atomic mass is 16.5. The minimum atomic E-state index is -0.0218. The lowest BCUT2D eigenvalue weighted by atomic mass is 9.92. The van der Waals surface area contributed by atoms with E-state index in [4.69, 9.17) is 4.74 Å². The van der Waals surface area contributed by atoms with Gasteiger partial charge in [-0.1, -0.05) is 30.3 Å². The number of aliphatic hydroxyl groups is 1. The molecule has 4 nitrogen and oxygen atoms in total. The lowest BCUT2D eigenvalue weighted by Crippen LogP contribution is -2.36. The van der Waals surface area contributed by atoms with E-state index in [1.54, 1.807) is 13.2 Å². The molecule has 116 valence electrons. The minimum Gasteiger partial charge on any atom is -0.507 e. The maximum Gasteiger partial charge on any atom is 0.123 e. The fourth-order valence-corrected chi connectivity index (χ4v) is 3.13. The van der Waals surface area contributed by atoms with Gasteiger partial charge >= 0.3 is 0 Å². The number of aromatic hydroxyl groups is 1. The molecule has 0 saturated carbocycles. The van der Waals surface area contributed by atoms with E-state index in [1.165, 1.54) is 11.1 Å². The van der Waals surface area contributed by atoms with Crippen LogP contribution in [0.15, 0.2) is 42.5 Å². The van der Waals surface area contributed by atoms with Gasteiger partial charge in [-0.25, -0.2) is 0 Å². The van der Waals surface area contributed by atoms with Gasteiger partial charge in [-0.3, -0.25) is 4.90 Å². The Kier molecular flexibility index (Phi) is 4.32. The second kappa shape index (κ2) is 6.38. The molecular formula is C18H21NO3. The smallest absolute Gasteiger partial charge is 0.123 e. The fourth-order valence-electron chi connectivity index (χ4n) is 3.13. The lowest BCUT2D eigenvalue weighted by molar-refractivity contribution is 0.107. The van der Waals surface area contributed by atoms with E-state index < -0.39 is 0 Å². The predicted molar refractivity (Wildman–Crippen MR) is 85.0 cm³/mol. The third-order valence-corrected chi connectivity index (χ3v) is 4.36. The number of fused-ring (bicyclic) bond motifs is 1. The molecule has 4 heteroatoms. The summed E-state index contributed by atoms with van der Waals surface area (Å²) in [5.74, 6) is 0.874. The summed E-state index contributed by atoms with van der Waals surface area (Å²) < 4.78 is 5.12. The average Bonchev–Trinajstić information content (AvgIpc) is 2.56. The quantitative estimate of drug-likeness (QED) is 0.911. The van der Waals surface area contributed by atoms with Gasteiger partial charge in [0.25, 0.3) is 0 Å². The summed E-state index contributed by atoms with van der Waals surface area (Å²) in [7, 11) is 1.58. The van der Waals surface area contributed by atoms with Crippen LogP contribution in [-0.4, -0.2) is 35.4 Å².